The Morgan fingerprint density at radius 3 is 2.79 bits per heavy atom. The SMILES string of the molecule is Cc1ncc(C2(C(=O)O)CC(N)C2)s1. The van der Waals surface area contributed by atoms with E-state index < -0.39 is 11.4 Å². The first-order valence-electron chi connectivity index (χ1n) is 4.46. The molecule has 0 saturated heterocycles. The zero-order valence-corrected chi connectivity index (χ0v) is 8.67. The zero-order chi connectivity index (χ0) is 10.3. The zero-order valence-electron chi connectivity index (χ0n) is 7.86. The molecule has 0 aromatic carbocycles. The Morgan fingerprint density at radius 1 is 1.79 bits per heavy atom. The Kier molecular flexibility index (Phi) is 2.08. The molecule has 1 aromatic rings. The van der Waals surface area contributed by atoms with Gasteiger partial charge < -0.3 is 10.8 Å². The highest BCUT2D eigenvalue weighted by Crippen LogP contribution is 2.45. The molecule has 14 heavy (non-hydrogen) atoms. The summed E-state index contributed by atoms with van der Waals surface area (Å²) in [5.41, 5.74) is 4.91. The molecular weight excluding hydrogens is 200 g/mol. The third-order valence-electron chi connectivity index (χ3n) is 2.72. The van der Waals surface area contributed by atoms with Gasteiger partial charge in [-0.15, -0.1) is 11.3 Å². The maximum Gasteiger partial charge on any atom is 0.315 e. The average Bonchev–Trinajstić information content (AvgIpc) is 2.45. The Labute approximate surface area is 85.8 Å². The standard InChI is InChI=1S/C9H12N2O2S/c1-5-11-4-7(14-5)9(8(12)13)2-6(10)3-9/h4,6H,2-3,10H2,1H3,(H,12,13). The molecule has 2 rings (SSSR count). The Bertz CT molecular complexity index is 369. The van der Waals surface area contributed by atoms with Crippen molar-refractivity contribution in [2.45, 2.75) is 31.2 Å². The number of carbonyl (C=O) groups is 1. The van der Waals surface area contributed by atoms with E-state index in [4.69, 9.17) is 5.73 Å². The van der Waals surface area contributed by atoms with Gasteiger partial charge in [0, 0.05) is 17.1 Å². The van der Waals surface area contributed by atoms with Crippen LogP contribution in [0.2, 0.25) is 0 Å². The van der Waals surface area contributed by atoms with Gasteiger partial charge in [0.15, 0.2) is 0 Å². The van der Waals surface area contributed by atoms with E-state index in [0.29, 0.717) is 12.8 Å². The second kappa shape index (κ2) is 3.03. The minimum atomic E-state index is -0.775. The van der Waals surface area contributed by atoms with Crippen LogP contribution in [0.25, 0.3) is 0 Å². The Hall–Kier alpha value is -0.940. The normalized spacial score (nSPS) is 31.1. The monoisotopic (exact) mass is 212 g/mol. The predicted molar refractivity (Wildman–Crippen MR) is 53.4 cm³/mol. The molecule has 0 unspecified atom stereocenters. The molecule has 1 fully saturated rings. The molecule has 76 valence electrons. The molecule has 0 bridgehead atoms. The summed E-state index contributed by atoms with van der Waals surface area (Å²) in [5, 5.41) is 10.1. The van der Waals surface area contributed by atoms with Crippen LogP contribution in [0.5, 0.6) is 0 Å². The van der Waals surface area contributed by atoms with Gasteiger partial charge in [-0.3, -0.25) is 4.79 Å². The summed E-state index contributed by atoms with van der Waals surface area (Å²) in [4.78, 5) is 16.1. The first kappa shape index (κ1) is 9.61. The van der Waals surface area contributed by atoms with E-state index in [9.17, 15) is 9.90 Å². The molecular formula is C9H12N2O2S. The summed E-state index contributed by atoms with van der Waals surface area (Å²) >= 11 is 1.45. The van der Waals surface area contributed by atoms with Gasteiger partial charge in [0.25, 0.3) is 0 Å². The van der Waals surface area contributed by atoms with Crippen LogP contribution in [0.15, 0.2) is 6.20 Å². The molecule has 0 aliphatic heterocycles. The van der Waals surface area contributed by atoms with Crippen molar-refractivity contribution in [2.24, 2.45) is 5.73 Å². The maximum absolute atomic E-state index is 11.2. The van der Waals surface area contributed by atoms with E-state index in [1.54, 1.807) is 6.20 Å². The summed E-state index contributed by atoms with van der Waals surface area (Å²) in [6, 6.07) is 0.0218. The van der Waals surface area contributed by atoms with Crippen molar-refractivity contribution in [3.8, 4) is 0 Å². The van der Waals surface area contributed by atoms with Crippen LogP contribution in [-0.2, 0) is 10.2 Å². The highest BCUT2D eigenvalue weighted by molar-refractivity contribution is 7.11. The summed E-state index contributed by atoms with van der Waals surface area (Å²) < 4.78 is 0. The minimum absolute atomic E-state index is 0.0218. The number of rotatable bonds is 2. The molecule has 1 aliphatic rings. The van der Waals surface area contributed by atoms with Crippen LogP contribution in [0.3, 0.4) is 0 Å². The van der Waals surface area contributed by atoms with E-state index in [2.05, 4.69) is 4.98 Å². The van der Waals surface area contributed by atoms with Crippen molar-refractivity contribution in [3.63, 3.8) is 0 Å². The molecule has 1 heterocycles. The van der Waals surface area contributed by atoms with Crippen molar-refractivity contribution in [1.29, 1.82) is 0 Å². The minimum Gasteiger partial charge on any atom is -0.481 e. The van der Waals surface area contributed by atoms with Crippen molar-refractivity contribution in [2.75, 3.05) is 0 Å². The number of thiazole rings is 1. The molecule has 4 nitrogen and oxygen atoms in total. The van der Waals surface area contributed by atoms with Crippen molar-refractivity contribution in [1.82, 2.24) is 4.98 Å². The third-order valence-corrected chi connectivity index (χ3v) is 3.84. The largest absolute Gasteiger partial charge is 0.481 e. The van der Waals surface area contributed by atoms with Gasteiger partial charge in [-0.05, 0) is 19.8 Å². The Morgan fingerprint density at radius 2 is 2.43 bits per heavy atom. The molecule has 1 aromatic heterocycles. The highest BCUT2D eigenvalue weighted by Gasteiger charge is 2.51. The maximum atomic E-state index is 11.2. The molecule has 5 heteroatoms. The van der Waals surface area contributed by atoms with Gasteiger partial charge >= 0.3 is 5.97 Å². The quantitative estimate of drug-likeness (QED) is 0.763. The van der Waals surface area contributed by atoms with E-state index in [0.717, 1.165) is 9.88 Å². The predicted octanol–water partition coefficient (Wildman–Crippen LogP) is 0.895. The number of aromatic nitrogens is 1. The molecule has 3 N–H and O–H groups in total. The number of hydrogen-bond acceptors (Lipinski definition) is 4. The molecule has 1 saturated carbocycles. The van der Waals surface area contributed by atoms with E-state index in [1.807, 2.05) is 6.92 Å². The van der Waals surface area contributed by atoms with Gasteiger partial charge in [-0.1, -0.05) is 0 Å². The van der Waals surface area contributed by atoms with Crippen LogP contribution < -0.4 is 5.73 Å². The lowest BCUT2D eigenvalue weighted by atomic mass is 9.65. The van der Waals surface area contributed by atoms with Crippen molar-refractivity contribution >= 4 is 17.3 Å². The van der Waals surface area contributed by atoms with E-state index >= 15 is 0 Å². The first-order chi connectivity index (χ1) is 6.54. The molecule has 0 spiro atoms. The number of carboxylic acid groups (broad SMARTS) is 1. The summed E-state index contributed by atoms with van der Waals surface area (Å²) in [7, 11) is 0. The second-order valence-corrected chi connectivity index (χ2v) is 5.03. The van der Waals surface area contributed by atoms with Gasteiger partial charge in [0.2, 0.25) is 0 Å². The fourth-order valence-corrected chi connectivity index (χ4v) is 2.88. The molecule has 0 atom stereocenters. The smallest absolute Gasteiger partial charge is 0.315 e. The van der Waals surface area contributed by atoms with Crippen LogP contribution >= 0.6 is 11.3 Å². The van der Waals surface area contributed by atoms with Gasteiger partial charge in [-0.25, -0.2) is 4.98 Å². The van der Waals surface area contributed by atoms with Gasteiger partial charge in [-0.2, -0.15) is 0 Å². The molecule has 0 amide bonds. The number of hydrogen-bond donors (Lipinski definition) is 2. The van der Waals surface area contributed by atoms with Crippen LogP contribution in [0.1, 0.15) is 22.7 Å². The first-order valence-corrected chi connectivity index (χ1v) is 5.28. The topological polar surface area (TPSA) is 76.2 Å². The molecule has 0 radical (unpaired) electrons. The van der Waals surface area contributed by atoms with E-state index in [1.165, 1.54) is 11.3 Å². The lowest BCUT2D eigenvalue weighted by Gasteiger charge is -2.41. The van der Waals surface area contributed by atoms with Gasteiger partial charge in [0.05, 0.1) is 5.01 Å². The van der Waals surface area contributed by atoms with Gasteiger partial charge in [0.1, 0.15) is 5.41 Å². The Balaban J connectivity index is 2.34. The average molecular weight is 212 g/mol. The lowest BCUT2D eigenvalue weighted by Crippen LogP contribution is -2.53. The third kappa shape index (κ3) is 1.24. The number of aliphatic carboxylic acids is 1. The molecule has 1 aliphatic carbocycles. The van der Waals surface area contributed by atoms with Crippen LogP contribution in [-0.4, -0.2) is 22.1 Å². The van der Waals surface area contributed by atoms with Crippen molar-refractivity contribution in [3.05, 3.63) is 16.1 Å². The van der Waals surface area contributed by atoms with Crippen LogP contribution in [0.4, 0.5) is 0 Å². The van der Waals surface area contributed by atoms with Crippen LogP contribution in [0, 0.1) is 6.92 Å². The lowest BCUT2D eigenvalue weighted by molar-refractivity contribution is -0.148. The van der Waals surface area contributed by atoms with E-state index in [-0.39, 0.29) is 6.04 Å². The number of nitrogens with zero attached hydrogens (tertiary/aromatic N) is 1. The number of aryl methyl sites for hydroxylation is 1. The summed E-state index contributed by atoms with van der Waals surface area (Å²) in [6.45, 7) is 1.88. The summed E-state index contributed by atoms with van der Waals surface area (Å²) in [6.07, 6.45) is 2.73. The highest BCUT2D eigenvalue weighted by atomic mass is 32.1. The van der Waals surface area contributed by atoms with Crippen molar-refractivity contribution < 1.29 is 9.90 Å². The summed E-state index contributed by atoms with van der Waals surface area (Å²) in [5.74, 6) is -0.775. The fraction of sp³-hybridized carbons (Fsp3) is 0.556. The number of carboxylic acids is 1. The second-order valence-electron chi connectivity index (χ2n) is 3.80. The fourth-order valence-electron chi connectivity index (χ4n) is 1.90. The number of nitrogens with two attached hydrogens (primary N) is 1.